The number of hydrogen-bond donors (Lipinski definition) is 2. The lowest BCUT2D eigenvalue weighted by molar-refractivity contribution is 0.833. The zero-order chi connectivity index (χ0) is 20.1. The van der Waals surface area contributed by atoms with Crippen LogP contribution in [0.3, 0.4) is 0 Å². The van der Waals surface area contributed by atoms with Gasteiger partial charge in [0.1, 0.15) is 0 Å². The highest BCUT2D eigenvalue weighted by Crippen LogP contribution is 2.17. The van der Waals surface area contributed by atoms with E-state index in [1.807, 2.05) is 61.0 Å². The van der Waals surface area contributed by atoms with E-state index in [2.05, 4.69) is 46.9 Å². The summed E-state index contributed by atoms with van der Waals surface area (Å²) in [6.07, 6.45) is 1.76. The average molecular weight is 392 g/mol. The van der Waals surface area contributed by atoms with Crippen molar-refractivity contribution in [3.8, 4) is 5.69 Å². The lowest BCUT2D eigenvalue weighted by Gasteiger charge is -2.09. The molecule has 5 nitrogen and oxygen atoms in total. The molecule has 0 amide bonds. The van der Waals surface area contributed by atoms with Gasteiger partial charge in [0.2, 0.25) is 0 Å². The molecule has 0 fully saturated rings. The van der Waals surface area contributed by atoms with Crippen LogP contribution < -0.4 is 10.7 Å². The van der Waals surface area contributed by atoms with Crippen molar-refractivity contribution < 1.29 is 0 Å². The number of thiocarbonyl (C=S) groups is 1. The first kappa shape index (κ1) is 19.8. The zero-order valence-corrected chi connectivity index (χ0v) is 17.4. The average Bonchev–Trinajstić information content (AvgIpc) is 2.97. The highest BCUT2D eigenvalue weighted by molar-refractivity contribution is 7.80. The Balaban J connectivity index is 1.64. The van der Waals surface area contributed by atoms with Gasteiger partial charge in [0.25, 0.3) is 0 Å². The molecule has 28 heavy (non-hydrogen) atoms. The van der Waals surface area contributed by atoms with Crippen LogP contribution in [0.15, 0.2) is 59.7 Å². The molecule has 0 aliphatic rings. The molecule has 2 N–H and O–H groups in total. The number of aryl methyl sites for hydroxylation is 1. The van der Waals surface area contributed by atoms with Gasteiger partial charge in [-0.25, -0.2) is 4.68 Å². The molecule has 3 rings (SSSR count). The van der Waals surface area contributed by atoms with Gasteiger partial charge in [0.15, 0.2) is 5.11 Å². The molecule has 0 unspecified atom stereocenters. The number of para-hydroxylation sites is 1. The fourth-order valence-corrected chi connectivity index (χ4v) is 3.10. The Morgan fingerprint density at radius 2 is 1.75 bits per heavy atom. The zero-order valence-electron chi connectivity index (χ0n) is 16.6. The van der Waals surface area contributed by atoms with Crippen LogP contribution in [0.5, 0.6) is 0 Å². The van der Waals surface area contributed by atoms with Crippen molar-refractivity contribution in [2.75, 3.05) is 5.32 Å². The van der Waals surface area contributed by atoms with Gasteiger partial charge in [-0.1, -0.05) is 44.2 Å². The van der Waals surface area contributed by atoms with E-state index in [4.69, 9.17) is 12.2 Å². The quantitative estimate of drug-likeness (QED) is 0.368. The van der Waals surface area contributed by atoms with Crippen molar-refractivity contribution in [2.45, 2.75) is 33.6 Å². The number of hydrogen-bond acceptors (Lipinski definition) is 3. The maximum Gasteiger partial charge on any atom is 0.191 e. The fraction of sp³-hybridized carbons (Fsp3) is 0.227. The lowest BCUT2D eigenvalue weighted by Crippen LogP contribution is -2.23. The molecule has 0 radical (unpaired) electrons. The van der Waals surface area contributed by atoms with Crippen LogP contribution >= 0.6 is 12.2 Å². The molecule has 0 bridgehead atoms. The minimum absolute atomic E-state index is 0.444. The van der Waals surface area contributed by atoms with Crippen molar-refractivity contribution in [1.82, 2.24) is 15.2 Å². The van der Waals surface area contributed by atoms with Crippen molar-refractivity contribution in [1.29, 1.82) is 0 Å². The van der Waals surface area contributed by atoms with Gasteiger partial charge >= 0.3 is 0 Å². The maximum absolute atomic E-state index is 5.33. The largest absolute Gasteiger partial charge is 0.331 e. The van der Waals surface area contributed by atoms with Crippen molar-refractivity contribution in [2.24, 2.45) is 5.10 Å². The molecule has 144 valence electrons. The number of rotatable bonds is 5. The summed E-state index contributed by atoms with van der Waals surface area (Å²) in [5.74, 6) is 0.506. The number of aromatic nitrogens is 2. The summed E-state index contributed by atoms with van der Waals surface area (Å²) < 4.78 is 1.92. The Hall–Kier alpha value is -2.99. The van der Waals surface area contributed by atoms with E-state index in [0.717, 1.165) is 28.3 Å². The number of nitrogens with zero attached hydrogens (tertiary/aromatic N) is 3. The predicted molar refractivity (Wildman–Crippen MR) is 121 cm³/mol. The molecule has 0 aliphatic heterocycles. The monoisotopic (exact) mass is 391 g/mol. The molecule has 0 aliphatic carbocycles. The maximum atomic E-state index is 5.33. The summed E-state index contributed by atoms with van der Waals surface area (Å²) in [4.78, 5) is 0. The Morgan fingerprint density at radius 1 is 1.07 bits per heavy atom. The third-order valence-electron chi connectivity index (χ3n) is 4.54. The Kier molecular flexibility index (Phi) is 6.21. The van der Waals surface area contributed by atoms with Gasteiger partial charge < -0.3 is 5.32 Å². The van der Waals surface area contributed by atoms with Crippen molar-refractivity contribution >= 4 is 29.2 Å². The molecule has 2 aromatic carbocycles. The topological polar surface area (TPSA) is 54.2 Å². The Labute approximate surface area is 171 Å². The molecule has 0 atom stereocenters. The smallest absolute Gasteiger partial charge is 0.191 e. The summed E-state index contributed by atoms with van der Waals surface area (Å²) in [7, 11) is 0. The molecule has 1 heterocycles. The van der Waals surface area contributed by atoms with Gasteiger partial charge in [0.05, 0.1) is 23.3 Å². The molecule has 0 saturated heterocycles. The first-order chi connectivity index (χ1) is 13.5. The molecule has 1 aromatic heterocycles. The first-order valence-corrected chi connectivity index (χ1v) is 9.68. The Morgan fingerprint density at radius 3 is 2.39 bits per heavy atom. The van der Waals surface area contributed by atoms with E-state index >= 15 is 0 Å². The van der Waals surface area contributed by atoms with E-state index < -0.39 is 0 Å². The lowest BCUT2D eigenvalue weighted by atomic mass is 10.0. The minimum Gasteiger partial charge on any atom is -0.331 e. The van der Waals surface area contributed by atoms with Crippen LogP contribution in [0.1, 0.15) is 42.3 Å². The van der Waals surface area contributed by atoms with Crippen LogP contribution in [-0.2, 0) is 0 Å². The fourth-order valence-electron chi connectivity index (χ4n) is 2.93. The number of nitrogens with one attached hydrogen (secondary N) is 2. The van der Waals surface area contributed by atoms with E-state index in [1.165, 1.54) is 5.56 Å². The van der Waals surface area contributed by atoms with Gasteiger partial charge in [-0.05, 0) is 61.8 Å². The summed E-state index contributed by atoms with van der Waals surface area (Å²) in [5, 5.41) is 12.5. The van der Waals surface area contributed by atoms with Gasteiger partial charge in [-0.15, -0.1) is 0 Å². The normalized spacial score (nSPS) is 11.2. The SMILES string of the molecule is Cc1nn(-c2ccccc2)c(C)c1/C=N\NC(=S)Nc1ccc(C(C)C)cc1. The van der Waals surface area contributed by atoms with Crippen molar-refractivity contribution in [3.63, 3.8) is 0 Å². The molecule has 0 saturated carbocycles. The van der Waals surface area contributed by atoms with Crippen LogP contribution in [0, 0.1) is 13.8 Å². The Bertz CT molecular complexity index is 972. The summed E-state index contributed by atoms with van der Waals surface area (Å²) in [6.45, 7) is 8.35. The van der Waals surface area contributed by atoms with Crippen LogP contribution in [0.4, 0.5) is 5.69 Å². The highest BCUT2D eigenvalue weighted by atomic mass is 32.1. The highest BCUT2D eigenvalue weighted by Gasteiger charge is 2.11. The van der Waals surface area contributed by atoms with Crippen LogP contribution in [0.25, 0.3) is 5.69 Å². The van der Waals surface area contributed by atoms with E-state index in [9.17, 15) is 0 Å². The summed E-state index contributed by atoms with van der Waals surface area (Å²) in [5.41, 5.74) is 9.04. The second-order valence-electron chi connectivity index (χ2n) is 6.93. The van der Waals surface area contributed by atoms with Gasteiger partial charge in [0, 0.05) is 11.3 Å². The van der Waals surface area contributed by atoms with E-state index in [1.54, 1.807) is 6.21 Å². The molecule has 3 aromatic rings. The van der Waals surface area contributed by atoms with Crippen LogP contribution in [0.2, 0.25) is 0 Å². The van der Waals surface area contributed by atoms with Crippen LogP contribution in [-0.4, -0.2) is 21.1 Å². The van der Waals surface area contributed by atoms with E-state index in [0.29, 0.717) is 11.0 Å². The third kappa shape index (κ3) is 4.64. The summed E-state index contributed by atoms with van der Waals surface area (Å²) in [6, 6.07) is 18.3. The van der Waals surface area contributed by atoms with Gasteiger partial charge in [-0.2, -0.15) is 10.2 Å². The standard InChI is InChI=1S/C22H25N5S/c1-15(2)18-10-12-19(13-11-18)24-22(28)25-23-14-21-16(3)26-27(17(21)4)20-8-6-5-7-9-20/h5-15H,1-4H3,(H2,24,25,28)/b23-14-. The van der Waals surface area contributed by atoms with E-state index in [-0.39, 0.29) is 0 Å². The first-order valence-electron chi connectivity index (χ1n) is 9.27. The number of hydrazone groups is 1. The second kappa shape index (κ2) is 8.80. The third-order valence-corrected chi connectivity index (χ3v) is 4.74. The minimum atomic E-state index is 0.444. The second-order valence-corrected chi connectivity index (χ2v) is 7.34. The number of anilines is 1. The number of benzene rings is 2. The molecule has 0 spiro atoms. The molecular weight excluding hydrogens is 366 g/mol. The molecular formula is C22H25N5S. The predicted octanol–water partition coefficient (Wildman–Crippen LogP) is 4.93. The van der Waals surface area contributed by atoms with Crippen molar-refractivity contribution in [3.05, 3.63) is 77.1 Å². The van der Waals surface area contributed by atoms with Gasteiger partial charge in [-0.3, -0.25) is 5.43 Å². The molecule has 6 heteroatoms. The summed E-state index contributed by atoms with van der Waals surface area (Å²) >= 11 is 5.33.